The van der Waals surface area contributed by atoms with Gasteiger partial charge in [0.25, 0.3) is 5.91 Å². The van der Waals surface area contributed by atoms with Gasteiger partial charge in [0.05, 0.1) is 12.6 Å². The second-order valence-corrected chi connectivity index (χ2v) is 6.98. The van der Waals surface area contributed by atoms with E-state index in [1.807, 2.05) is 66.4 Å². The van der Waals surface area contributed by atoms with Gasteiger partial charge in [-0.1, -0.05) is 30.3 Å². The van der Waals surface area contributed by atoms with Crippen LogP contribution in [0.2, 0.25) is 0 Å². The van der Waals surface area contributed by atoms with Gasteiger partial charge in [0.2, 0.25) is 5.91 Å². The second kappa shape index (κ2) is 9.21. The molecule has 2 N–H and O–H groups in total. The molecular formula is C22H27N3O2. The van der Waals surface area contributed by atoms with Crippen LogP contribution in [0.4, 0.5) is 5.69 Å². The fraction of sp³-hybridized carbons (Fsp3) is 0.364. The van der Waals surface area contributed by atoms with Crippen LogP contribution >= 0.6 is 0 Å². The standard InChI is InChI=1S/C22H27N3O2/c1-17(18-8-4-2-5-9-18)24-21(26)16-23-20-12-10-19(11-13-20)22(27)25-14-6-3-7-15-25/h2,4-5,8-13,17,23H,3,6-7,14-16H2,1H3,(H,24,26). The Morgan fingerprint density at radius 3 is 2.30 bits per heavy atom. The number of amides is 2. The summed E-state index contributed by atoms with van der Waals surface area (Å²) in [5.74, 6) is 0.0236. The first-order valence-electron chi connectivity index (χ1n) is 9.61. The lowest BCUT2D eigenvalue weighted by Crippen LogP contribution is -2.35. The van der Waals surface area contributed by atoms with Crippen LogP contribution in [0.1, 0.15) is 48.1 Å². The Labute approximate surface area is 160 Å². The molecule has 0 spiro atoms. The lowest BCUT2D eigenvalue weighted by atomic mass is 10.1. The molecule has 2 amide bonds. The summed E-state index contributed by atoms with van der Waals surface area (Å²) in [4.78, 5) is 26.5. The maximum atomic E-state index is 12.5. The van der Waals surface area contributed by atoms with Gasteiger partial charge in [-0.25, -0.2) is 0 Å². The predicted molar refractivity (Wildman–Crippen MR) is 108 cm³/mol. The molecule has 1 saturated heterocycles. The normalized spacial score (nSPS) is 15.1. The van der Waals surface area contributed by atoms with Gasteiger partial charge in [0.15, 0.2) is 0 Å². The molecule has 1 fully saturated rings. The van der Waals surface area contributed by atoms with Gasteiger partial charge < -0.3 is 15.5 Å². The van der Waals surface area contributed by atoms with E-state index in [4.69, 9.17) is 0 Å². The van der Waals surface area contributed by atoms with E-state index in [0.29, 0.717) is 5.56 Å². The van der Waals surface area contributed by atoms with E-state index in [0.717, 1.165) is 37.2 Å². The van der Waals surface area contributed by atoms with E-state index in [1.165, 1.54) is 6.42 Å². The molecule has 1 heterocycles. The molecule has 1 aliphatic rings. The zero-order valence-electron chi connectivity index (χ0n) is 15.8. The molecular weight excluding hydrogens is 338 g/mol. The Kier molecular flexibility index (Phi) is 6.47. The molecule has 27 heavy (non-hydrogen) atoms. The molecule has 5 nitrogen and oxygen atoms in total. The van der Waals surface area contributed by atoms with Crippen molar-refractivity contribution >= 4 is 17.5 Å². The van der Waals surface area contributed by atoms with E-state index in [1.54, 1.807) is 0 Å². The van der Waals surface area contributed by atoms with Gasteiger partial charge in [0.1, 0.15) is 0 Å². The Morgan fingerprint density at radius 1 is 0.963 bits per heavy atom. The highest BCUT2D eigenvalue weighted by atomic mass is 16.2. The summed E-state index contributed by atoms with van der Waals surface area (Å²) < 4.78 is 0. The van der Waals surface area contributed by atoms with Crippen LogP contribution < -0.4 is 10.6 Å². The summed E-state index contributed by atoms with van der Waals surface area (Å²) in [5.41, 5.74) is 2.60. The Hall–Kier alpha value is -2.82. The van der Waals surface area contributed by atoms with Crippen LogP contribution in [0.25, 0.3) is 0 Å². The first-order chi connectivity index (χ1) is 13.1. The zero-order valence-corrected chi connectivity index (χ0v) is 15.8. The van der Waals surface area contributed by atoms with Gasteiger partial charge in [0, 0.05) is 24.3 Å². The van der Waals surface area contributed by atoms with Crippen molar-refractivity contribution in [2.24, 2.45) is 0 Å². The van der Waals surface area contributed by atoms with Crippen molar-refractivity contribution < 1.29 is 9.59 Å². The Bertz CT molecular complexity index is 753. The number of carbonyl (C=O) groups excluding carboxylic acids is 2. The van der Waals surface area contributed by atoms with E-state index in [2.05, 4.69) is 10.6 Å². The van der Waals surface area contributed by atoms with Gasteiger partial charge in [-0.15, -0.1) is 0 Å². The van der Waals surface area contributed by atoms with Gasteiger partial charge in [-0.05, 0) is 56.0 Å². The number of likely N-dealkylation sites (tertiary alicyclic amines) is 1. The highest BCUT2D eigenvalue weighted by Crippen LogP contribution is 2.16. The molecule has 2 aromatic carbocycles. The maximum absolute atomic E-state index is 12.5. The fourth-order valence-corrected chi connectivity index (χ4v) is 3.31. The molecule has 142 valence electrons. The number of hydrogen-bond donors (Lipinski definition) is 2. The number of anilines is 1. The molecule has 5 heteroatoms. The van der Waals surface area contributed by atoms with Crippen LogP contribution in [-0.2, 0) is 4.79 Å². The average molecular weight is 365 g/mol. The molecule has 0 aromatic heterocycles. The zero-order chi connectivity index (χ0) is 19.1. The highest BCUT2D eigenvalue weighted by Gasteiger charge is 2.17. The molecule has 1 aliphatic heterocycles. The van der Waals surface area contributed by atoms with Crippen molar-refractivity contribution in [1.29, 1.82) is 0 Å². The van der Waals surface area contributed by atoms with E-state index >= 15 is 0 Å². The van der Waals surface area contributed by atoms with Crippen LogP contribution in [0.15, 0.2) is 54.6 Å². The van der Waals surface area contributed by atoms with Crippen molar-refractivity contribution in [3.8, 4) is 0 Å². The number of rotatable bonds is 6. The minimum absolute atomic E-state index is 0.0370. The van der Waals surface area contributed by atoms with Gasteiger partial charge in [-0.2, -0.15) is 0 Å². The monoisotopic (exact) mass is 365 g/mol. The number of nitrogens with one attached hydrogen (secondary N) is 2. The SMILES string of the molecule is CC(NC(=O)CNc1ccc(C(=O)N2CCCCC2)cc1)c1ccccc1. The summed E-state index contributed by atoms with van der Waals surface area (Å²) in [6, 6.07) is 17.2. The predicted octanol–water partition coefficient (Wildman–Crippen LogP) is 3.60. The largest absolute Gasteiger partial charge is 0.376 e. The average Bonchev–Trinajstić information content (AvgIpc) is 2.73. The minimum atomic E-state index is -0.0696. The lowest BCUT2D eigenvalue weighted by molar-refractivity contribution is -0.120. The van der Waals surface area contributed by atoms with Crippen LogP contribution in [-0.4, -0.2) is 36.3 Å². The Balaban J connectivity index is 1.48. The molecule has 2 aromatic rings. The number of piperidine rings is 1. The third-order valence-corrected chi connectivity index (χ3v) is 4.91. The van der Waals surface area contributed by atoms with Gasteiger partial charge in [-0.3, -0.25) is 9.59 Å². The van der Waals surface area contributed by atoms with Crippen molar-refractivity contribution in [2.75, 3.05) is 25.0 Å². The van der Waals surface area contributed by atoms with Crippen LogP contribution in [0.3, 0.4) is 0 Å². The summed E-state index contributed by atoms with van der Waals surface area (Å²) in [7, 11) is 0. The van der Waals surface area contributed by atoms with Crippen molar-refractivity contribution in [3.05, 3.63) is 65.7 Å². The lowest BCUT2D eigenvalue weighted by Gasteiger charge is -2.26. The third-order valence-electron chi connectivity index (χ3n) is 4.91. The van der Waals surface area contributed by atoms with Crippen molar-refractivity contribution in [2.45, 2.75) is 32.2 Å². The van der Waals surface area contributed by atoms with E-state index in [-0.39, 0.29) is 24.4 Å². The topological polar surface area (TPSA) is 61.4 Å². The van der Waals surface area contributed by atoms with Crippen LogP contribution in [0, 0.1) is 0 Å². The Morgan fingerprint density at radius 2 is 1.63 bits per heavy atom. The summed E-state index contributed by atoms with van der Waals surface area (Å²) in [6.07, 6.45) is 3.38. The number of hydrogen-bond acceptors (Lipinski definition) is 3. The second-order valence-electron chi connectivity index (χ2n) is 6.98. The summed E-state index contributed by atoms with van der Waals surface area (Å²) >= 11 is 0. The molecule has 3 rings (SSSR count). The molecule has 0 bridgehead atoms. The smallest absolute Gasteiger partial charge is 0.253 e. The number of nitrogens with zero attached hydrogens (tertiary/aromatic N) is 1. The quantitative estimate of drug-likeness (QED) is 0.822. The van der Waals surface area contributed by atoms with E-state index in [9.17, 15) is 9.59 Å². The molecule has 1 atom stereocenters. The van der Waals surface area contributed by atoms with E-state index < -0.39 is 0 Å². The minimum Gasteiger partial charge on any atom is -0.376 e. The van der Waals surface area contributed by atoms with Crippen molar-refractivity contribution in [3.63, 3.8) is 0 Å². The molecule has 1 unspecified atom stereocenters. The first-order valence-corrected chi connectivity index (χ1v) is 9.61. The summed E-state index contributed by atoms with van der Waals surface area (Å²) in [6.45, 7) is 3.85. The molecule has 0 saturated carbocycles. The van der Waals surface area contributed by atoms with Crippen molar-refractivity contribution in [1.82, 2.24) is 10.2 Å². The molecule has 0 radical (unpaired) electrons. The maximum Gasteiger partial charge on any atom is 0.253 e. The first kappa shape index (κ1) is 19.0. The number of benzene rings is 2. The van der Waals surface area contributed by atoms with Gasteiger partial charge >= 0.3 is 0 Å². The highest BCUT2D eigenvalue weighted by molar-refractivity contribution is 5.94. The number of carbonyl (C=O) groups is 2. The molecule has 0 aliphatic carbocycles. The summed E-state index contributed by atoms with van der Waals surface area (Å²) in [5, 5.41) is 6.09. The van der Waals surface area contributed by atoms with Crippen LogP contribution in [0.5, 0.6) is 0 Å². The third kappa shape index (κ3) is 5.33. The fourth-order valence-electron chi connectivity index (χ4n) is 3.31.